The molecule has 50 heavy (non-hydrogen) atoms. The van der Waals surface area contributed by atoms with Crippen molar-refractivity contribution in [2.24, 2.45) is 0 Å². The van der Waals surface area contributed by atoms with Crippen LogP contribution in [0.1, 0.15) is 18.6 Å². The van der Waals surface area contributed by atoms with Crippen LogP contribution in [0.2, 0.25) is 0 Å². The molecule has 0 bridgehead atoms. The molecule has 0 amide bonds. The molecule has 1 aliphatic carbocycles. The quantitative estimate of drug-likeness (QED) is 0.181. The third-order valence-electron chi connectivity index (χ3n) is 9.43. The third kappa shape index (κ3) is 5.69. The number of benzene rings is 7. The molecule has 0 fully saturated rings. The molecule has 0 aliphatic heterocycles. The van der Waals surface area contributed by atoms with Gasteiger partial charge in [0.25, 0.3) is 0 Å². The molecule has 8 aromatic rings. The van der Waals surface area contributed by atoms with E-state index in [1.54, 1.807) is 0 Å². The maximum atomic E-state index is 5.20. The number of nitrogens with zero attached hydrogens (tertiary/aromatic N) is 3. The van der Waals surface area contributed by atoms with Crippen molar-refractivity contribution in [1.82, 2.24) is 15.0 Å². The molecule has 1 aromatic heterocycles. The standard InChI is InChI=1S/C46H31N3.CH4/c1-4-13-31(14-5-1)33-25-27-35(28-26-33)44-47-45(37-20-10-19-36(29-37)32-15-6-2-7-16-32)49-46(48-44)41-24-12-23-40-39-22-11-21-38(42(39)30-43(40)41)34-17-8-3-9-18-34;/h1-29H,30H2;1H4. The molecular formula is C47H35N3. The summed E-state index contributed by atoms with van der Waals surface area (Å²) in [6, 6.07) is 61.7. The molecule has 7 aromatic carbocycles. The van der Waals surface area contributed by atoms with Crippen molar-refractivity contribution in [3.8, 4) is 78.7 Å². The average molecular weight is 642 g/mol. The summed E-state index contributed by atoms with van der Waals surface area (Å²) in [6.07, 6.45) is 0.817. The van der Waals surface area contributed by atoms with E-state index in [2.05, 4.69) is 164 Å². The first kappa shape index (κ1) is 30.9. The van der Waals surface area contributed by atoms with Gasteiger partial charge in [0, 0.05) is 23.1 Å². The van der Waals surface area contributed by atoms with Gasteiger partial charge in [-0.05, 0) is 61.7 Å². The topological polar surface area (TPSA) is 38.7 Å². The lowest BCUT2D eigenvalue weighted by molar-refractivity contribution is 1.07. The lowest BCUT2D eigenvalue weighted by Crippen LogP contribution is -2.02. The highest BCUT2D eigenvalue weighted by Gasteiger charge is 2.26. The SMILES string of the molecule is C.c1ccc(-c2ccc(-c3nc(-c4cccc(-c5ccccc5)c4)nc(-c4cccc5c4Cc4c(-c6ccccc6)cccc4-5)n3)cc2)cc1. The van der Waals surface area contributed by atoms with Gasteiger partial charge in [-0.25, -0.2) is 15.0 Å². The van der Waals surface area contributed by atoms with E-state index >= 15 is 0 Å². The van der Waals surface area contributed by atoms with Gasteiger partial charge in [-0.2, -0.15) is 0 Å². The molecule has 0 spiro atoms. The van der Waals surface area contributed by atoms with Crippen LogP contribution in [0.4, 0.5) is 0 Å². The molecular weight excluding hydrogens is 607 g/mol. The monoisotopic (exact) mass is 641 g/mol. The summed E-state index contributed by atoms with van der Waals surface area (Å²) in [7, 11) is 0. The molecule has 0 radical (unpaired) electrons. The van der Waals surface area contributed by atoms with Crippen LogP contribution < -0.4 is 0 Å². The molecule has 238 valence electrons. The van der Waals surface area contributed by atoms with Crippen LogP contribution in [0.3, 0.4) is 0 Å². The van der Waals surface area contributed by atoms with Crippen molar-refractivity contribution in [1.29, 1.82) is 0 Å². The van der Waals surface area contributed by atoms with E-state index in [1.165, 1.54) is 38.9 Å². The first-order chi connectivity index (χ1) is 24.3. The molecule has 0 N–H and O–H groups in total. The van der Waals surface area contributed by atoms with Gasteiger partial charge < -0.3 is 0 Å². The number of rotatable bonds is 6. The van der Waals surface area contributed by atoms with Crippen molar-refractivity contribution in [2.75, 3.05) is 0 Å². The molecule has 1 heterocycles. The van der Waals surface area contributed by atoms with Crippen LogP contribution in [-0.4, -0.2) is 15.0 Å². The van der Waals surface area contributed by atoms with E-state index in [4.69, 9.17) is 15.0 Å². The van der Waals surface area contributed by atoms with Crippen LogP contribution >= 0.6 is 0 Å². The first-order valence-electron chi connectivity index (χ1n) is 16.7. The summed E-state index contributed by atoms with van der Waals surface area (Å²) in [4.78, 5) is 15.5. The van der Waals surface area contributed by atoms with Gasteiger partial charge in [-0.15, -0.1) is 0 Å². The van der Waals surface area contributed by atoms with Crippen LogP contribution in [0.25, 0.3) is 78.7 Å². The van der Waals surface area contributed by atoms with Crippen LogP contribution in [-0.2, 0) is 6.42 Å². The Bertz CT molecular complexity index is 2440. The lowest BCUT2D eigenvalue weighted by atomic mass is 9.96. The first-order valence-corrected chi connectivity index (χ1v) is 16.7. The second-order valence-electron chi connectivity index (χ2n) is 12.4. The number of fused-ring (bicyclic) bond motifs is 3. The molecule has 3 nitrogen and oxygen atoms in total. The number of hydrogen-bond donors (Lipinski definition) is 0. The summed E-state index contributed by atoms with van der Waals surface area (Å²) < 4.78 is 0. The molecule has 0 atom stereocenters. The summed E-state index contributed by atoms with van der Waals surface area (Å²) in [6.45, 7) is 0. The van der Waals surface area contributed by atoms with E-state index in [-0.39, 0.29) is 7.43 Å². The van der Waals surface area contributed by atoms with Gasteiger partial charge in [0.05, 0.1) is 0 Å². The maximum Gasteiger partial charge on any atom is 0.164 e. The molecule has 0 saturated carbocycles. The normalized spacial score (nSPS) is 11.4. The average Bonchev–Trinajstić information content (AvgIpc) is 3.58. The highest BCUT2D eigenvalue weighted by molar-refractivity contribution is 5.89. The zero-order chi connectivity index (χ0) is 32.6. The van der Waals surface area contributed by atoms with Crippen LogP contribution in [0.5, 0.6) is 0 Å². The van der Waals surface area contributed by atoms with E-state index in [0.29, 0.717) is 17.5 Å². The zero-order valence-electron chi connectivity index (χ0n) is 26.8. The Hall–Kier alpha value is -6.45. The molecule has 9 rings (SSSR count). The van der Waals surface area contributed by atoms with Gasteiger partial charge >= 0.3 is 0 Å². The Balaban J connectivity index is 0.00000361. The molecule has 3 heteroatoms. The fourth-order valence-electron chi connectivity index (χ4n) is 7.00. The van der Waals surface area contributed by atoms with E-state index in [0.717, 1.165) is 39.8 Å². The predicted molar refractivity (Wildman–Crippen MR) is 207 cm³/mol. The van der Waals surface area contributed by atoms with Crippen molar-refractivity contribution < 1.29 is 0 Å². The minimum absolute atomic E-state index is 0. The van der Waals surface area contributed by atoms with E-state index in [1.807, 2.05) is 12.1 Å². The predicted octanol–water partition coefficient (Wildman–Crippen LogP) is 12.1. The van der Waals surface area contributed by atoms with Gasteiger partial charge in [0.1, 0.15) is 0 Å². The van der Waals surface area contributed by atoms with Gasteiger partial charge in [0.2, 0.25) is 0 Å². The largest absolute Gasteiger partial charge is 0.208 e. The molecule has 0 saturated heterocycles. The van der Waals surface area contributed by atoms with Crippen molar-refractivity contribution in [3.05, 3.63) is 187 Å². The van der Waals surface area contributed by atoms with Crippen LogP contribution in [0.15, 0.2) is 176 Å². The second kappa shape index (κ2) is 13.2. The Kier molecular flexibility index (Phi) is 8.16. The van der Waals surface area contributed by atoms with E-state index < -0.39 is 0 Å². The zero-order valence-corrected chi connectivity index (χ0v) is 26.8. The van der Waals surface area contributed by atoms with Crippen LogP contribution in [0, 0.1) is 0 Å². The highest BCUT2D eigenvalue weighted by atomic mass is 15.0. The summed E-state index contributed by atoms with van der Waals surface area (Å²) >= 11 is 0. The smallest absolute Gasteiger partial charge is 0.164 e. The Morgan fingerprint density at radius 2 is 0.680 bits per heavy atom. The fraction of sp³-hybridized carbons (Fsp3) is 0.0426. The lowest BCUT2D eigenvalue weighted by Gasteiger charge is -2.12. The molecule has 0 unspecified atom stereocenters. The van der Waals surface area contributed by atoms with Gasteiger partial charge in [0.15, 0.2) is 17.5 Å². The summed E-state index contributed by atoms with van der Waals surface area (Å²) in [5.74, 6) is 1.99. The Labute approximate surface area is 293 Å². The van der Waals surface area contributed by atoms with Gasteiger partial charge in [-0.1, -0.05) is 177 Å². The van der Waals surface area contributed by atoms with Crippen molar-refractivity contribution in [3.63, 3.8) is 0 Å². The minimum Gasteiger partial charge on any atom is -0.208 e. The molecule has 1 aliphatic rings. The van der Waals surface area contributed by atoms with Crippen molar-refractivity contribution in [2.45, 2.75) is 13.8 Å². The third-order valence-corrected chi connectivity index (χ3v) is 9.43. The van der Waals surface area contributed by atoms with E-state index in [9.17, 15) is 0 Å². The van der Waals surface area contributed by atoms with Crippen molar-refractivity contribution >= 4 is 0 Å². The highest BCUT2D eigenvalue weighted by Crippen LogP contribution is 2.45. The fourth-order valence-corrected chi connectivity index (χ4v) is 7.00. The Morgan fingerprint density at radius 1 is 0.280 bits per heavy atom. The second-order valence-corrected chi connectivity index (χ2v) is 12.4. The number of hydrogen-bond acceptors (Lipinski definition) is 3. The summed E-state index contributed by atoms with van der Waals surface area (Å²) in [5, 5.41) is 0. The maximum absolute atomic E-state index is 5.20. The number of aromatic nitrogens is 3. The van der Waals surface area contributed by atoms with Gasteiger partial charge in [-0.3, -0.25) is 0 Å². The summed E-state index contributed by atoms with van der Waals surface area (Å²) in [5.41, 5.74) is 15.2. The Morgan fingerprint density at radius 3 is 1.32 bits per heavy atom. The minimum atomic E-state index is 0.